The lowest BCUT2D eigenvalue weighted by Gasteiger charge is -2.17. The van der Waals surface area contributed by atoms with Crippen molar-refractivity contribution in [3.63, 3.8) is 0 Å². The predicted molar refractivity (Wildman–Crippen MR) is 298 cm³/mol. The highest BCUT2D eigenvalue weighted by molar-refractivity contribution is 5.87. The Kier molecular flexibility index (Phi) is 48.2. The molecule has 0 heterocycles. The van der Waals surface area contributed by atoms with Crippen LogP contribution in [0.1, 0.15) is 188 Å². The second-order valence-corrected chi connectivity index (χ2v) is 20.0. The number of hydrogen-bond donors (Lipinski definition) is 9. The molecule has 4 unspecified atom stereocenters. The van der Waals surface area contributed by atoms with E-state index in [1.807, 2.05) is 6.92 Å². The molecule has 0 rings (SSSR count). The molecule has 0 aliphatic rings. The fraction of sp³-hybridized carbons (Fsp3) is 0.804. The van der Waals surface area contributed by atoms with Crippen molar-refractivity contribution < 1.29 is 81.9 Å². The van der Waals surface area contributed by atoms with E-state index in [-0.39, 0.29) is 121 Å². The quantitative estimate of drug-likeness (QED) is 0.0311. The Morgan fingerprint density at radius 1 is 0.400 bits per heavy atom. The van der Waals surface area contributed by atoms with Gasteiger partial charge < -0.3 is 76.0 Å². The summed E-state index contributed by atoms with van der Waals surface area (Å²) in [5.41, 5.74) is 0. The minimum Gasteiger partial charge on any atom is -0.480 e. The lowest BCUT2D eigenvalue weighted by molar-refractivity contribution is -0.144. The van der Waals surface area contributed by atoms with Crippen molar-refractivity contribution >= 4 is 65.2 Å². The third kappa shape index (κ3) is 47.4. The van der Waals surface area contributed by atoms with Gasteiger partial charge in [-0.1, -0.05) is 84.0 Å². The van der Waals surface area contributed by atoms with E-state index in [2.05, 4.69) is 37.2 Å². The van der Waals surface area contributed by atoms with Crippen LogP contribution in [0.25, 0.3) is 0 Å². The van der Waals surface area contributed by atoms with Gasteiger partial charge in [-0.3, -0.25) is 33.6 Å². The maximum absolute atomic E-state index is 12.5. The predicted octanol–water partition coefficient (Wildman–Crippen LogP) is 3.52. The molecule has 0 saturated carbocycles. The van der Waals surface area contributed by atoms with Gasteiger partial charge in [0.15, 0.2) is 0 Å². The lowest BCUT2D eigenvalue weighted by atomic mass is 10.0. The number of carbonyl (C=O) groups excluding carboxylic acids is 9. The van der Waals surface area contributed by atoms with Gasteiger partial charge in [0.1, 0.15) is 43.2 Å². The average molecular weight is 1140 g/mol. The molecule has 0 saturated heterocycles. The van der Waals surface area contributed by atoms with Gasteiger partial charge in [-0.25, -0.2) is 9.59 Å². The summed E-state index contributed by atoms with van der Waals surface area (Å²) in [5, 5.41) is 37.6. The summed E-state index contributed by atoms with van der Waals surface area (Å²) < 4.78 is 21.3. The zero-order valence-corrected chi connectivity index (χ0v) is 48.3. The highest BCUT2D eigenvalue weighted by atomic mass is 16.5. The zero-order chi connectivity index (χ0) is 59.4. The highest BCUT2D eigenvalue weighted by Gasteiger charge is 2.25. The van der Waals surface area contributed by atoms with Crippen molar-refractivity contribution in [3.8, 4) is 0 Å². The molecular weight excluding hydrogens is 1040 g/mol. The highest BCUT2D eigenvalue weighted by Crippen LogP contribution is 2.14. The van der Waals surface area contributed by atoms with Crippen LogP contribution in [0.4, 0.5) is 0 Å². The van der Waals surface area contributed by atoms with E-state index >= 15 is 0 Å². The van der Waals surface area contributed by atoms with Crippen LogP contribution < -0.4 is 37.2 Å². The number of amides is 6. The maximum Gasteiger partial charge on any atom is 0.326 e. The van der Waals surface area contributed by atoms with Crippen LogP contribution in [0.5, 0.6) is 0 Å². The number of hydrogen-bond acceptors (Lipinski definition) is 16. The molecule has 0 spiro atoms. The zero-order valence-electron chi connectivity index (χ0n) is 48.3. The van der Waals surface area contributed by atoms with Gasteiger partial charge in [0.25, 0.3) is 0 Å². The maximum atomic E-state index is 12.5. The molecule has 0 bridgehead atoms. The number of aliphatic carboxylic acids is 2. The van der Waals surface area contributed by atoms with Crippen LogP contribution in [-0.4, -0.2) is 179 Å². The number of unbranched alkanes of at least 4 members (excludes halogenated alkanes) is 14. The smallest absolute Gasteiger partial charge is 0.326 e. The van der Waals surface area contributed by atoms with Crippen LogP contribution in [0.3, 0.4) is 0 Å². The molecule has 0 radical (unpaired) electrons. The first kappa shape index (κ1) is 74.6. The minimum atomic E-state index is -1.47. The number of carboxylic acids is 2. The van der Waals surface area contributed by atoms with E-state index in [4.69, 9.17) is 18.9 Å². The first-order valence-electron chi connectivity index (χ1n) is 29.1. The molecule has 460 valence electrons. The first-order valence-corrected chi connectivity index (χ1v) is 29.1. The van der Waals surface area contributed by atoms with Crippen molar-refractivity contribution in [2.24, 2.45) is 0 Å². The second-order valence-electron chi connectivity index (χ2n) is 20.0. The summed E-state index contributed by atoms with van der Waals surface area (Å²) in [7, 11) is 0. The van der Waals surface area contributed by atoms with E-state index in [0.29, 0.717) is 44.9 Å². The summed E-state index contributed by atoms with van der Waals surface area (Å²) in [5.74, 6) is -5.28. The van der Waals surface area contributed by atoms with Gasteiger partial charge in [-0.05, 0) is 78.2 Å². The summed E-state index contributed by atoms with van der Waals surface area (Å²) in [6.07, 6.45) is 19.8. The van der Waals surface area contributed by atoms with E-state index in [0.717, 1.165) is 51.5 Å². The van der Waals surface area contributed by atoms with Crippen LogP contribution in [0.15, 0.2) is 0 Å². The third-order valence-electron chi connectivity index (χ3n) is 12.7. The van der Waals surface area contributed by atoms with E-state index in [1.165, 1.54) is 58.3 Å². The minimum absolute atomic E-state index is 0.0303. The number of aldehydes is 1. The van der Waals surface area contributed by atoms with E-state index < -0.39 is 66.7 Å². The largest absolute Gasteiger partial charge is 0.480 e. The Morgan fingerprint density at radius 3 is 1.31 bits per heavy atom. The van der Waals surface area contributed by atoms with Crippen molar-refractivity contribution in [1.82, 2.24) is 37.2 Å². The van der Waals surface area contributed by atoms with Crippen LogP contribution in [0, 0.1) is 0 Å². The lowest BCUT2D eigenvalue weighted by Crippen LogP contribution is -2.45. The molecule has 0 aliphatic heterocycles. The second kappa shape index (κ2) is 51.7. The Labute approximate surface area is 473 Å². The summed E-state index contributed by atoms with van der Waals surface area (Å²) in [4.78, 5) is 131. The van der Waals surface area contributed by atoms with Gasteiger partial charge in [0.2, 0.25) is 35.4 Å². The fourth-order valence-corrected chi connectivity index (χ4v) is 8.08. The van der Waals surface area contributed by atoms with Crippen molar-refractivity contribution in [2.45, 2.75) is 212 Å². The SMILES string of the molecule is CCCNC(CCCCNC(=O)CCC(NC(=O)CCC(NC(=O)COCCOCCNC(=O)COCCOCCNC(=O)CCC(C=O)NC(=O)CCCCCCCCCCCCCCCCC(C)=O)C(=O)O)C(=O)O)C(C)=O. The van der Waals surface area contributed by atoms with E-state index in [1.54, 1.807) is 6.92 Å². The van der Waals surface area contributed by atoms with Gasteiger partial charge >= 0.3 is 11.9 Å². The standard InChI is InChI=1S/C56H99N7O17/c1-4-30-57-46(44(3)66)22-19-20-31-58-50(68)28-25-47(55(73)74)62-52(70)29-26-48(56(75)76)63-54(72)42-80-39-37-78-35-33-60-53(71)41-79-38-36-77-34-32-59-49(67)27-24-45(40-64)61-51(69)23-18-16-14-12-10-8-6-5-7-9-11-13-15-17-21-43(2)65/h40,45-48,57H,4-39,41-42H2,1-3H3,(H,58,68)(H,59,67)(H,60,71)(H,61,69)(H,62,70)(H,63,72)(H,73,74)(H,75,76). The Hall–Kier alpha value is -5.43. The van der Waals surface area contributed by atoms with Crippen LogP contribution in [0.2, 0.25) is 0 Å². The summed E-state index contributed by atoms with van der Waals surface area (Å²) in [6.45, 7) is 6.55. The molecule has 80 heavy (non-hydrogen) atoms. The van der Waals surface area contributed by atoms with Crippen LogP contribution in [-0.2, 0) is 71.7 Å². The van der Waals surface area contributed by atoms with E-state index in [9.17, 15) is 63.0 Å². The van der Waals surface area contributed by atoms with Crippen molar-refractivity contribution in [3.05, 3.63) is 0 Å². The topological polar surface area (TPSA) is 349 Å². The fourth-order valence-electron chi connectivity index (χ4n) is 8.08. The number of ketones is 2. The molecule has 6 amide bonds. The number of rotatable bonds is 57. The molecule has 24 heteroatoms. The monoisotopic (exact) mass is 1140 g/mol. The molecule has 0 aromatic heterocycles. The third-order valence-corrected chi connectivity index (χ3v) is 12.7. The Balaban J connectivity index is 3.94. The van der Waals surface area contributed by atoms with Crippen LogP contribution >= 0.6 is 0 Å². The van der Waals surface area contributed by atoms with Gasteiger partial charge in [0.05, 0.1) is 51.7 Å². The number of ether oxygens (including phenoxy) is 4. The summed E-state index contributed by atoms with van der Waals surface area (Å²) in [6, 6.07) is -3.84. The molecular formula is C56H99N7O17. The average Bonchev–Trinajstić information content (AvgIpc) is 3.41. The molecule has 9 N–H and O–H groups in total. The van der Waals surface area contributed by atoms with Gasteiger partial charge in [-0.15, -0.1) is 0 Å². The number of carboxylic acid groups (broad SMARTS) is 2. The number of Topliss-reactive ketones (excluding diaryl/α,β-unsaturated/α-hetero) is 2. The molecule has 0 fully saturated rings. The summed E-state index contributed by atoms with van der Waals surface area (Å²) >= 11 is 0. The van der Waals surface area contributed by atoms with Gasteiger partial charge in [-0.2, -0.15) is 0 Å². The molecule has 0 aliphatic carbocycles. The molecule has 24 nitrogen and oxygen atoms in total. The van der Waals surface area contributed by atoms with Gasteiger partial charge in [0, 0.05) is 51.7 Å². The number of carbonyl (C=O) groups is 11. The van der Waals surface area contributed by atoms with Crippen molar-refractivity contribution in [1.29, 1.82) is 0 Å². The number of nitrogens with one attached hydrogen (secondary N) is 7. The normalized spacial score (nSPS) is 12.5. The van der Waals surface area contributed by atoms with Crippen molar-refractivity contribution in [2.75, 3.05) is 79.0 Å². The molecule has 0 aromatic rings. The first-order chi connectivity index (χ1) is 38.5. The molecule has 0 aromatic carbocycles. The Bertz CT molecular complexity index is 1770. The molecule has 4 atom stereocenters. The Morgan fingerprint density at radius 2 is 0.825 bits per heavy atom.